The molecule has 0 saturated carbocycles. The normalized spacial score (nSPS) is 19.1. The van der Waals surface area contributed by atoms with Crippen molar-refractivity contribution in [1.29, 1.82) is 5.26 Å². The Morgan fingerprint density at radius 3 is 2.93 bits per heavy atom. The summed E-state index contributed by atoms with van der Waals surface area (Å²) in [7, 11) is 0. The van der Waals surface area contributed by atoms with Crippen LogP contribution < -0.4 is 0 Å². The molecule has 3 nitrogen and oxygen atoms in total. The van der Waals surface area contributed by atoms with E-state index in [1.807, 2.05) is 0 Å². The number of hydrogen-bond acceptors (Lipinski definition) is 3. The van der Waals surface area contributed by atoms with Crippen molar-refractivity contribution in [3.63, 3.8) is 0 Å². The van der Waals surface area contributed by atoms with E-state index in [0.29, 0.717) is 5.56 Å². The molecule has 2 rings (SSSR count). The van der Waals surface area contributed by atoms with Crippen LogP contribution in [0.5, 0.6) is 0 Å². The lowest BCUT2D eigenvalue weighted by atomic mass is 10.1. The third kappa shape index (κ3) is 1.43. The van der Waals surface area contributed by atoms with Gasteiger partial charge < -0.3 is 5.11 Å². The number of halogens is 1. The van der Waals surface area contributed by atoms with Gasteiger partial charge in [-0.1, -0.05) is 0 Å². The molecule has 1 aliphatic rings. The molecular formula is C10H9BrN2O. The molecule has 0 bridgehead atoms. The summed E-state index contributed by atoms with van der Waals surface area (Å²) in [6.45, 7) is 0.173. The summed E-state index contributed by atoms with van der Waals surface area (Å²) in [6, 6.07) is 2.13. The van der Waals surface area contributed by atoms with E-state index in [-0.39, 0.29) is 12.5 Å². The summed E-state index contributed by atoms with van der Waals surface area (Å²) in [5.41, 5.74) is 2.77. The van der Waals surface area contributed by atoms with E-state index in [2.05, 4.69) is 27.0 Å². The Morgan fingerprint density at radius 2 is 2.29 bits per heavy atom. The van der Waals surface area contributed by atoms with Gasteiger partial charge in [-0.2, -0.15) is 5.26 Å². The highest BCUT2D eigenvalue weighted by Gasteiger charge is 2.25. The highest BCUT2D eigenvalue weighted by molar-refractivity contribution is 9.10. The molecule has 4 heteroatoms. The molecule has 1 N–H and O–H groups in total. The molecule has 1 aromatic heterocycles. The lowest BCUT2D eigenvalue weighted by Crippen LogP contribution is -2.04. The molecule has 1 heterocycles. The molecule has 0 saturated heterocycles. The number of hydrogen-bond donors (Lipinski definition) is 1. The molecule has 0 aliphatic heterocycles. The van der Waals surface area contributed by atoms with Crippen molar-refractivity contribution in [2.24, 2.45) is 5.92 Å². The first kappa shape index (κ1) is 9.63. The number of nitriles is 1. The molecule has 0 spiro atoms. The Balaban J connectivity index is 2.49. The van der Waals surface area contributed by atoms with Crippen LogP contribution in [-0.4, -0.2) is 16.7 Å². The zero-order valence-corrected chi connectivity index (χ0v) is 9.08. The van der Waals surface area contributed by atoms with E-state index < -0.39 is 0 Å². The molecule has 1 aliphatic carbocycles. The Kier molecular flexibility index (Phi) is 2.53. The Labute approximate surface area is 90.5 Å². The Morgan fingerprint density at radius 1 is 1.57 bits per heavy atom. The van der Waals surface area contributed by atoms with E-state index in [4.69, 9.17) is 10.4 Å². The number of aromatic nitrogens is 1. The van der Waals surface area contributed by atoms with Crippen LogP contribution in [0.3, 0.4) is 0 Å². The predicted molar refractivity (Wildman–Crippen MR) is 54.6 cm³/mol. The van der Waals surface area contributed by atoms with E-state index in [9.17, 15) is 0 Å². The van der Waals surface area contributed by atoms with Gasteiger partial charge in [0.05, 0.1) is 5.56 Å². The van der Waals surface area contributed by atoms with Gasteiger partial charge in [-0.15, -0.1) is 0 Å². The molecule has 0 amide bonds. The molecule has 72 valence electrons. The lowest BCUT2D eigenvalue weighted by Gasteiger charge is -2.01. The van der Waals surface area contributed by atoms with Gasteiger partial charge in [0, 0.05) is 12.8 Å². The highest BCUT2D eigenvalue weighted by Crippen LogP contribution is 2.32. The van der Waals surface area contributed by atoms with Gasteiger partial charge in [0.25, 0.3) is 0 Å². The van der Waals surface area contributed by atoms with Crippen molar-refractivity contribution in [2.45, 2.75) is 12.8 Å². The number of aliphatic hydroxyl groups excluding tert-OH is 1. The predicted octanol–water partition coefficient (Wildman–Crippen LogP) is 1.42. The number of rotatable bonds is 1. The van der Waals surface area contributed by atoms with Crippen molar-refractivity contribution in [2.75, 3.05) is 6.61 Å². The van der Waals surface area contributed by atoms with Crippen LogP contribution in [0.15, 0.2) is 10.8 Å². The third-order valence-corrected chi connectivity index (χ3v) is 3.29. The van der Waals surface area contributed by atoms with Gasteiger partial charge in [-0.3, -0.25) is 0 Å². The summed E-state index contributed by atoms with van der Waals surface area (Å²) in [5, 5.41) is 18.0. The van der Waals surface area contributed by atoms with E-state index in [0.717, 1.165) is 28.6 Å². The van der Waals surface area contributed by atoms with E-state index >= 15 is 0 Å². The average Bonchev–Trinajstić information content (AvgIpc) is 2.63. The maximum absolute atomic E-state index is 9.07. The molecule has 14 heavy (non-hydrogen) atoms. The first-order chi connectivity index (χ1) is 6.76. The minimum atomic E-state index is 0.173. The largest absolute Gasteiger partial charge is 0.396 e. The van der Waals surface area contributed by atoms with E-state index in [1.54, 1.807) is 6.20 Å². The smallest absolute Gasteiger partial charge is 0.109 e. The van der Waals surface area contributed by atoms with Crippen LogP contribution in [0, 0.1) is 17.2 Å². The van der Waals surface area contributed by atoms with Crippen molar-refractivity contribution in [3.05, 3.63) is 27.5 Å². The Bertz CT molecular complexity index is 411. The van der Waals surface area contributed by atoms with Crippen molar-refractivity contribution in [3.8, 4) is 6.07 Å². The van der Waals surface area contributed by atoms with Crippen LogP contribution in [0.25, 0.3) is 0 Å². The number of nitrogens with zero attached hydrogens (tertiary/aromatic N) is 2. The summed E-state index contributed by atoms with van der Waals surface area (Å²) >= 11 is 3.37. The highest BCUT2D eigenvalue weighted by atomic mass is 79.9. The standard InChI is InChI=1S/C10H9BrN2O/c11-10-9-2-6(5-14)1-8(9)7(3-12)4-13-10/h4,6,14H,1-2,5H2. The lowest BCUT2D eigenvalue weighted by molar-refractivity contribution is 0.232. The van der Waals surface area contributed by atoms with Crippen LogP contribution in [0.2, 0.25) is 0 Å². The molecule has 1 aromatic rings. The molecule has 0 radical (unpaired) electrons. The zero-order chi connectivity index (χ0) is 10.1. The average molecular weight is 253 g/mol. The molecule has 0 fully saturated rings. The van der Waals surface area contributed by atoms with Crippen molar-refractivity contribution >= 4 is 15.9 Å². The maximum atomic E-state index is 9.07. The summed E-state index contributed by atoms with van der Waals surface area (Å²) in [5.74, 6) is 0.248. The fourth-order valence-electron chi connectivity index (χ4n) is 1.88. The summed E-state index contributed by atoms with van der Waals surface area (Å²) < 4.78 is 0.808. The number of pyridine rings is 1. The van der Waals surface area contributed by atoms with Gasteiger partial charge in [-0.25, -0.2) is 4.98 Å². The van der Waals surface area contributed by atoms with Crippen LogP contribution in [0.4, 0.5) is 0 Å². The zero-order valence-electron chi connectivity index (χ0n) is 7.50. The minimum Gasteiger partial charge on any atom is -0.396 e. The second kappa shape index (κ2) is 3.68. The monoisotopic (exact) mass is 252 g/mol. The SMILES string of the molecule is N#Cc1cnc(Br)c2c1CC(CO)C2. The molecule has 0 aromatic carbocycles. The van der Waals surface area contributed by atoms with Crippen LogP contribution >= 0.6 is 15.9 Å². The van der Waals surface area contributed by atoms with Gasteiger partial charge in [0.2, 0.25) is 0 Å². The maximum Gasteiger partial charge on any atom is 0.109 e. The second-order valence-corrected chi connectivity index (χ2v) is 4.24. The molecule has 1 atom stereocenters. The minimum absolute atomic E-state index is 0.173. The Hall–Kier alpha value is -0.920. The van der Waals surface area contributed by atoms with E-state index in [1.165, 1.54) is 0 Å². The fourth-order valence-corrected chi connectivity index (χ4v) is 2.38. The van der Waals surface area contributed by atoms with Gasteiger partial charge in [0.15, 0.2) is 0 Å². The number of aliphatic hydroxyl groups is 1. The van der Waals surface area contributed by atoms with Crippen molar-refractivity contribution in [1.82, 2.24) is 4.98 Å². The summed E-state index contributed by atoms with van der Waals surface area (Å²) in [6.07, 6.45) is 3.19. The quantitative estimate of drug-likeness (QED) is 0.770. The third-order valence-electron chi connectivity index (χ3n) is 2.61. The van der Waals surface area contributed by atoms with Crippen LogP contribution in [-0.2, 0) is 12.8 Å². The van der Waals surface area contributed by atoms with Gasteiger partial charge >= 0.3 is 0 Å². The topological polar surface area (TPSA) is 56.9 Å². The van der Waals surface area contributed by atoms with Crippen molar-refractivity contribution < 1.29 is 5.11 Å². The van der Waals surface area contributed by atoms with Crippen LogP contribution in [0.1, 0.15) is 16.7 Å². The number of fused-ring (bicyclic) bond motifs is 1. The first-order valence-corrected chi connectivity index (χ1v) is 5.22. The van der Waals surface area contributed by atoms with Gasteiger partial charge in [-0.05, 0) is 45.8 Å². The second-order valence-electron chi connectivity index (χ2n) is 3.49. The fraction of sp³-hybridized carbons (Fsp3) is 0.400. The molecule has 1 unspecified atom stereocenters. The molecular weight excluding hydrogens is 244 g/mol. The first-order valence-electron chi connectivity index (χ1n) is 4.43. The summed E-state index contributed by atoms with van der Waals surface area (Å²) in [4.78, 5) is 4.10. The van der Waals surface area contributed by atoms with Gasteiger partial charge in [0.1, 0.15) is 10.7 Å².